The summed E-state index contributed by atoms with van der Waals surface area (Å²) in [6.07, 6.45) is 3.73. The van der Waals surface area contributed by atoms with Crippen molar-refractivity contribution in [2.75, 3.05) is 13.1 Å². The summed E-state index contributed by atoms with van der Waals surface area (Å²) >= 11 is 0. The molecule has 1 aliphatic carbocycles. The largest absolute Gasteiger partial charge is 0.339 e. The van der Waals surface area contributed by atoms with Gasteiger partial charge in [0.15, 0.2) is 0 Å². The van der Waals surface area contributed by atoms with E-state index in [4.69, 9.17) is 0 Å². The van der Waals surface area contributed by atoms with Crippen LogP contribution in [0, 0.1) is 11.8 Å². The average molecular weight is 280 g/mol. The van der Waals surface area contributed by atoms with Crippen LogP contribution in [-0.2, 0) is 9.59 Å². The third kappa shape index (κ3) is 3.53. The zero-order valence-electron chi connectivity index (χ0n) is 13.3. The Bertz CT molecular complexity index is 375. The number of amides is 2. The van der Waals surface area contributed by atoms with Crippen molar-refractivity contribution in [3.8, 4) is 0 Å². The van der Waals surface area contributed by atoms with Gasteiger partial charge in [-0.2, -0.15) is 0 Å². The predicted octanol–water partition coefficient (Wildman–Crippen LogP) is 2.28. The molecule has 2 fully saturated rings. The van der Waals surface area contributed by atoms with E-state index in [-0.39, 0.29) is 23.8 Å². The summed E-state index contributed by atoms with van der Waals surface area (Å²) in [7, 11) is 0. The second-order valence-electron chi connectivity index (χ2n) is 6.99. The van der Waals surface area contributed by atoms with Crippen LogP contribution in [0.5, 0.6) is 0 Å². The Balaban J connectivity index is 1.96. The first kappa shape index (κ1) is 15.3. The highest BCUT2D eigenvalue weighted by Crippen LogP contribution is 2.31. The minimum absolute atomic E-state index is 0.113. The molecule has 1 saturated carbocycles. The lowest BCUT2D eigenvalue weighted by molar-refractivity contribution is -0.136. The van der Waals surface area contributed by atoms with Crippen molar-refractivity contribution in [3.63, 3.8) is 0 Å². The molecule has 1 unspecified atom stereocenters. The monoisotopic (exact) mass is 280 g/mol. The molecule has 0 spiro atoms. The Kier molecular flexibility index (Phi) is 4.71. The van der Waals surface area contributed by atoms with E-state index in [1.165, 1.54) is 0 Å². The van der Waals surface area contributed by atoms with Crippen LogP contribution in [0.25, 0.3) is 0 Å². The number of carbonyl (C=O) groups excluding carboxylic acids is 2. The Morgan fingerprint density at radius 3 is 2.40 bits per heavy atom. The molecule has 0 radical (unpaired) electrons. The van der Waals surface area contributed by atoms with Crippen molar-refractivity contribution in [1.82, 2.24) is 9.80 Å². The summed E-state index contributed by atoms with van der Waals surface area (Å²) in [5, 5.41) is 0. The predicted molar refractivity (Wildman–Crippen MR) is 79.1 cm³/mol. The summed E-state index contributed by atoms with van der Waals surface area (Å²) < 4.78 is 0. The fraction of sp³-hybridized carbons (Fsp3) is 0.875. The fourth-order valence-electron chi connectivity index (χ4n) is 2.89. The van der Waals surface area contributed by atoms with Gasteiger partial charge in [-0.05, 0) is 39.0 Å². The van der Waals surface area contributed by atoms with Crippen molar-refractivity contribution in [1.29, 1.82) is 0 Å². The summed E-state index contributed by atoms with van der Waals surface area (Å²) in [6.45, 7) is 9.88. The zero-order chi connectivity index (χ0) is 14.9. The first-order valence-corrected chi connectivity index (χ1v) is 8.00. The lowest BCUT2D eigenvalue weighted by Gasteiger charge is -2.27. The Labute approximate surface area is 122 Å². The van der Waals surface area contributed by atoms with Gasteiger partial charge in [-0.1, -0.05) is 13.8 Å². The van der Waals surface area contributed by atoms with E-state index in [0.717, 1.165) is 25.8 Å². The molecule has 0 aromatic rings. The molecule has 4 nitrogen and oxygen atoms in total. The Morgan fingerprint density at radius 1 is 1.30 bits per heavy atom. The summed E-state index contributed by atoms with van der Waals surface area (Å²) in [4.78, 5) is 28.6. The lowest BCUT2D eigenvalue weighted by atomic mass is 10.1. The van der Waals surface area contributed by atoms with E-state index in [0.29, 0.717) is 24.9 Å². The molecule has 2 rings (SSSR count). The van der Waals surface area contributed by atoms with Crippen LogP contribution in [-0.4, -0.2) is 46.8 Å². The maximum atomic E-state index is 12.7. The zero-order valence-corrected chi connectivity index (χ0v) is 13.3. The molecule has 4 heteroatoms. The minimum Gasteiger partial charge on any atom is -0.339 e. The van der Waals surface area contributed by atoms with E-state index in [1.807, 2.05) is 18.7 Å². The summed E-state index contributed by atoms with van der Waals surface area (Å²) in [5.41, 5.74) is 0. The molecule has 1 heterocycles. The molecule has 0 aromatic carbocycles. The first-order valence-electron chi connectivity index (χ1n) is 8.00. The molecule has 1 aliphatic heterocycles. The van der Waals surface area contributed by atoms with Gasteiger partial charge in [0.1, 0.15) is 0 Å². The van der Waals surface area contributed by atoms with Crippen LogP contribution >= 0.6 is 0 Å². The second-order valence-corrected chi connectivity index (χ2v) is 6.99. The van der Waals surface area contributed by atoms with Gasteiger partial charge in [-0.25, -0.2) is 0 Å². The SMILES string of the molecule is CC(C)CCN(C(=O)C1CC(=O)N(C(C)C)C1)C1CC1. The smallest absolute Gasteiger partial charge is 0.228 e. The van der Waals surface area contributed by atoms with E-state index < -0.39 is 0 Å². The van der Waals surface area contributed by atoms with Crippen molar-refractivity contribution < 1.29 is 9.59 Å². The number of carbonyl (C=O) groups is 2. The maximum Gasteiger partial charge on any atom is 0.228 e. The molecule has 0 N–H and O–H groups in total. The van der Waals surface area contributed by atoms with Crippen LogP contribution in [0.15, 0.2) is 0 Å². The van der Waals surface area contributed by atoms with Crippen molar-refractivity contribution in [3.05, 3.63) is 0 Å². The van der Waals surface area contributed by atoms with E-state index >= 15 is 0 Å². The Hall–Kier alpha value is -1.06. The number of hydrogen-bond donors (Lipinski definition) is 0. The standard InChI is InChI=1S/C16H28N2O2/c1-11(2)7-8-17(14-5-6-14)16(20)13-9-15(19)18(10-13)12(3)4/h11-14H,5-10H2,1-4H3. The van der Waals surface area contributed by atoms with Gasteiger partial charge >= 0.3 is 0 Å². The molecule has 114 valence electrons. The van der Waals surface area contributed by atoms with Crippen LogP contribution in [0.3, 0.4) is 0 Å². The first-order chi connectivity index (χ1) is 9.40. The third-order valence-electron chi connectivity index (χ3n) is 4.35. The second kappa shape index (κ2) is 6.15. The van der Waals surface area contributed by atoms with Gasteiger partial charge in [0.2, 0.25) is 11.8 Å². The molecule has 0 aromatic heterocycles. The number of rotatable bonds is 6. The van der Waals surface area contributed by atoms with Gasteiger partial charge < -0.3 is 9.80 Å². The maximum absolute atomic E-state index is 12.7. The van der Waals surface area contributed by atoms with Crippen molar-refractivity contribution in [2.24, 2.45) is 11.8 Å². The highest BCUT2D eigenvalue weighted by atomic mass is 16.2. The van der Waals surface area contributed by atoms with Crippen molar-refractivity contribution >= 4 is 11.8 Å². The van der Waals surface area contributed by atoms with Gasteiger partial charge in [0.25, 0.3) is 0 Å². The van der Waals surface area contributed by atoms with Gasteiger partial charge in [-0.3, -0.25) is 9.59 Å². The fourth-order valence-corrected chi connectivity index (χ4v) is 2.89. The Morgan fingerprint density at radius 2 is 1.95 bits per heavy atom. The molecule has 20 heavy (non-hydrogen) atoms. The highest BCUT2D eigenvalue weighted by Gasteiger charge is 2.41. The summed E-state index contributed by atoms with van der Waals surface area (Å²) in [5.74, 6) is 0.849. The topological polar surface area (TPSA) is 40.6 Å². The van der Waals surface area contributed by atoms with Gasteiger partial charge in [0, 0.05) is 31.6 Å². The highest BCUT2D eigenvalue weighted by molar-refractivity contribution is 5.89. The molecular formula is C16H28N2O2. The lowest BCUT2D eigenvalue weighted by Crippen LogP contribution is -2.40. The summed E-state index contributed by atoms with van der Waals surface area (Å²) in [6, 6.07) is 0.648. The van der Waals surface area contributed by atoms with E-state index in [9.17, 15) is 9.59 Å². The van der Waals surface area contributed by atoms with Crippen LogP contribution in [0.2, 0.25) is 0 Å². The van der Waals surface area contributed by atoms with Crippen LogP contribution < -0.4 is 0 Å². The molecule has 1 atom stereocenters. The minimum atomic E-state index is -0.113. The number of hydrogen-bond acceptors (Lipinski definition) is 2. The quantitative estimate of drug-likeness (QED) is 0.749. The van der Waals surface area contributed by atoms with Gasteiger partial charge in [0.05, 0.1) is 5.92 Å². The number of likely N-dealkylation sites (tertiary alicyclic amines) is 1. The van der Waals surface area contributed by atoms with Crippen LogP contribution in [0.1, 0.15) is 53.4 Å². The molecule has 1 saturated heterocycles. The molecule has 2 amide bonds. The van der Waals surface area contributed by atoms with Gasteiger partial charge in [-0.15, -0.1) is 0 Å². The normalized spacial score (nSPS) is 23.0. The van der Waals surface area contributed by atoms with Crippen molar-refractivity contribution in [2.45, 2.75) is 65.5 Å². The third-order valence-corrected chi connectivity index (χ3v) is 4.35. The average Bonchev–Trinajstić information content (AvgIpc) is 3.11. The molecule has 0 bridgehead atoms. The number of nitrogens with zero attached hydrogens (tertiary/aromatic N) is 2. The van der Waals surface area contributed by atoms with Crippen LogP contribution in [0.4, 0.5) is 0 Å². The molecule has 2 aliphatic rings. The molecular weight excluding hydrogens is 252 g/mol. The van der Waals surface area contributed by atoms with E-state index in [1.54, 1.807) is 0 Å². The van der Waals surface area contributed by atoms with E-state index in [2.05, 4.69) is 18.7 Å².